The fraction of sp³-hybridized carbons (Fsp3) is 0.143. The molecule has 90 valence electrons. The van der Waals surface area contributed by atoms with Gasteiger partial charge in [0.1, 0.15) is 12.4 Å². The molecular formula is C14H13ClN3+. The van der Waals surface area contributed by atoms with E-state index in [1.165, 1.54) is 0 Å². The minimum Gasteiger partial charge on any atom is -0.338 e. The van der Waals surface area contributed by atoms with Crippen LogP contribution >= 0.6 is 11.6 Å². The first-order valence-corrected chi connectivity index (χ1v) is 6.29. The predicted molar refractivity (Wildman–Crippen MR) is 72.4 cm³/mol. The molecule has 4 heteroatoms. The third kappa shape index (κ3) is 1.97. The highest BCUT2D eigenvalue weighted by Crippen LogP contribution is 2.22. The molecule has 0 spiro atoms. The van der Waals surface area contributed by atoms with Gasteiger partial charge < -0.3 is 4.98 Å². The fourth-order valence-electron chi connectivity index (χ4n) is 1.94. The number of aryl methyl sites for hydroxylation is 1. The summed E-state index contributed by atoms with van der Waals surface area (Å²) >= 11 is 5.96. The van der Waals surface area contributed by atoms with Gasteiger partial charge in [0.15, 0.2) is 12.4 Å². The number of benzene rings is 1. The highest BCUT2D eigenvalue weighted by Gasteiger charge is 2.07. The van der Waals surface area contributed by atoms with Crippen molar-refractivity contribution in [3.05, 3.63) is 47.7 Å². The van der Waals surface area contributed by atoms with Gasteiger partial charge >= 0.3 is 0 Å². The average Bonchev–Trinajstić information content (AvgIpc) is 2.81. The Bertz CT molecular complexity index is 686. The molecule has 3 rings (SSSR count). The molecule has 18 heavy (non-hydrogen) atoms. The van der Waals surface area contributed by atoms with Gasteiger partial charge in [0.25, 0.3) is 0 Å². The minimum atomic E-state index is 0.717. The Balaban J connectivity index is 2.07. The monoisotopic (exact) mass is 258 g/mol. The molecule has 0 aliphatic rings. The van der Waals surface area contributed by atoms with E-state index in [0.29, 0.717) is 0 Å². The van der Waals surface area contributed by atoms with Crippen LogP contribution in [-0.4, -0.2) is 9.97 Å². The van der Waals surface area contributed by atoms with Crippen LogP contribution in [0.1, 0.15) is 6.92 Å². The van der Waals surface area contributed by atoms with E-state index in [0.717, 1.165) is 34.0 Å². The van der Waals surface area contributed by atoms with Crippen LogP contribution in [0.25, 0.3) is 22.4 Å². The molecule has 0 radical (unpaired) electrons. The van der Waals surface area contributed by atoms with Gasteiger partial charge in [-0.3, -0.25) is 0 Å². The first kappa shape index (κ1) is 11.2. The molecule has 0 saturated heterocycles. The molecule has 0 unspecified atom stereocenters. The fourth-order valence-corrected chi connectivity index (χ4v) is 2.12. The van der Waals surface area contributed by atoms with Gasteiger partial charge in [-0.05, 0) is 25.1 Å². The number of nitrogens with zero attached hydrogens (tertiary/aromatic N) is 2. The van der Waals surface area contributed by atoms with E-state index in [2.05, 4.69) is 46.0 Å². The SMILES string of the molecule is CC[n+]1ccc(-c2nc3ccc(Cl)cc3[nH]2)cc1. The van der Waals surface area contributed by atoms with E-state index in [9.17, 15) is 0 Å². The number of halogens is 1. The highest BCUT2D eigenvalue weighted by molar-refractivity contribution is 6.31. The van der Waals surface area contributed by atoms with Crippen molar-refractivity contribution < 1.29 is 4.57 Å². The Morgan fingerprint density at radius 3 is 2.72 bits per heavy atom. The van der Waals surface area contributed by atoms with Crippen LogP contribution in [0.3, 0.4) is 0 Å². The molecule has 1 aromatic carbocycles. The molecule has 0 aliphatic heterocycles. The summed E-state index contributed by atoms with van der Waals surface area (Å²) < 4.78 is 2.11. The van der Waals surface area contributed by atoms with Crippen LogP contribution in [0, 0.1) is 0 Å². The Morgan fingerprint density at radius 2 is 2.00 bits per heavy atom. The van der Waals surface area contributed by atoms with Gasteiger partial charge in [0.2, 0.25) is 0 Å². The molecule has 2 aromatic heterocycles. The van der Waals surface area contributed by atoms with E-state index in [4.69, 9.17) is 11.6 Å². The van der Waals surface area contributed by atoms with E-state index >= 15 is 0 Å². The number of rotatable bonds is 2. The second-order valence-electron chi connectivity index (χ2n) is 4.16. The molecular weight excluding hydrogens is 246 g/mol. The van der Waals surface area contributed by atoms with Crippen LogP contribution in [0.2, 0.25) is 5.02 Å². The second-order valence-corrected chi connectivity index (χ2v) is 4.60. The zero-order valence-electron chi connectivity index (χ0n) is 10.0. The summed E-state index contributed by atoms with van der Waals surface area (Å²) in [5, 5.41) is 0.717. The van der Waals surface area contributed by atoms with Crippen LogP contribution in [0.4, 0.5) is 0 Å². The molecule has 0 saturated carbocycles. The Kier molecular flexibility index (Phi) is 2.76. The van der Waals surface area contributed by atoms with Gasteiger partial charge in [-0.15, -0.1) is 0 Å². The van der Waals surface area contributed by atoms with Gasteiger partial charge in [-0.25, -0.2) is 9.55 Å². The van der Waals surface area contributed by atoms with Crippen LogP contribution in [-0.2, 0) is 6.54 Å². The quantitative estimate of drug-likeness (QED) is 0.704. The third-order valence-corrected chi connectivity index (χ3v) is 3.21. The Labute approximate surface area is 110 Å². The molecule has 0 aliphatic carbocycles. The smallest absolute Gasteiger partial charge is 0.169 e. The maximum atomic E-state index is 5.96. The van der Waals surface area contributed by atoms with Crippen molar-refractivity contribution in [2.24, 2.45) is 0 Å². The van der Waals surface area contributed by atoms with E-state index in [1.807, 2.05) is 18.2 Å². The van der Waals surface area contributed by atoms with Gasteiger partial charge in [-0.2, -0.15) is 0 Å². The van der Waals surface area contributed by atoms with Crippen molar-refractivity contribution in [3.63, 3.8) is 0 Å². The number of hydrogen-bond acceptors (Lipinski definition) is 1. The zero-order valence-corrected chi connectivity index (χ0v) is 10.8. The molecule has 0 bridgehead atoms. The highest BCUT2D eigenvalue weighted by atomic mass is 35.5. The van der Waals surface area contributed by atoms with Crippen molar-refractivity contribution in [2.45, 2.75) is 13.5 Å². The second kappa shape index (κ2) is 4.42. The number of hydrogen-bond donors (Lipinski definition) is 1. The number of aromatic nitrogens is 3. The standard InChI is InChI=1S/C14H12ClN3/c1-2-18-7-5-10(6-8-18)14-16-12-4-3-11(15)9-13(12)17-14/h3-9H,2H2,1H3/p+1. The molecule has 2 heterocycles. The van der Waals surface area contributed by atoms with Crippen molar-refractivity contribution in [1.82, 2.24) is 9.97 Å². The van der Waals surface area contributed by atoms with Gasteiger partial charge in [0.05, 0.1) is 11.0 Å². The normalized spacial score (nSPS) is 11.0. The molecule has 3 nitrogen and oxygen atoms in total. The number of fused-ring (bicyclic) bond motifs is 1. The largest absolute Gasteiger partial charge is 0.338 e. The summed E-state index contributed by atoms with van der Waals surface area (Å²) in [4.78, 5) is 7.84. The Morgan fingerprint density at radius 1 is 1.22 bits per heavy atom. The first-order valence-electron chi connectivity index (χ1n) is 5.91. The minimum absolute atomic E-state index is 0.717. The molecule has 3 aromatic rings. The lowest BCUT2D eigenvalue weighted by molar-refractivity contribution is -0.693. The molecule has 0 atom stereocenters. The number of nitrogens with one attached hydrogen (secondary N) is 1. The molecule has 0 fully saturated rings. The van der Waals surface area contributed by atoms with E-state index in [-0.39, 0.29) is 0 Å². The summed E-state index contributed by atoms with van der Waals surface area (Å²) in [6, 6.07) is 9.78. The summed E-state index contributed by atoms with van der Waals surface area (Å²) in [5.74, 6) is 0.871. The number of pyridine rings is 1. The summed E-state index contributed by atoms with van der Waals surface area (Å²) in [6.07, 6.45) is 4.10. The lowest BCUT2D eigenvalue weighted by atomic mass is 10.2. The van der Waals surface area contributed by atoms with Crippen molar-refractivity contribution in [3.8, 4) is 11.4 Å². The predicted octanol–water partition coefficient (Wildman–Crippen LogP) is 3.19. The van der Waals surface area contributed by atoms with Crippen LogP contribution in [0.5, 0.6) is 0 Å². The van der Waals surface area contributed by atoms with Crippen LogP contribution in [0.15, 0.2) is 42.7 Å². The summed E-state index contributed by atoms with van der Waals surface area (Å²) in [5.41, 5.74) is 2.97. The Hall–Kier alpha value is -1.87. The lowest BCUT2D eigenvalue weighted by Gasteiger charge is -1.95. The maximum Gasteiger partial charge on any atom is 0.169 e. The van der Waals surface area contributed by atoms with Crippen molar-refractivity contribution in [2.75, 3.05) is 0 Å². The van der Waals surface area contributed by atoms with Gasteiger partial charge in [-0.1, -0.05) is 11.6 Å². The third-order valence-electron chi connectivity index (χ3n) is 2.97. The van der Waals surface area contributed by atoms with Gasteiger partial charge in [0, 0.05) is 22.7 Å². The first-order chi connectivity index (χ1) is 8.76. The summed E-state index contributed by atoms with van der Waals surface area (Å²) in [7, 11) is 0. The lowest BCUT2D eigenvalue weighted by Crippen LogP contribution is -2.30. The average molecular weight is 259 g/mol. The van der Waals surface area contributed by atoms with Crippen molar-refractivity contribution >= 4 is 22.6 Å². The maximum absolute atomic E-state index is 5.96. The van der Waals surface area contributed by atoms with Crippen LogP contribution < -0.4 is 4.57 Å². The number of aromatic amines is 1. The zero-order chi connectivity index (χ0) is 12.5. The summed E-state index contributed by atoms with van der Waals surface area (Å²) in [6.45, 7) is 3.08. The molecule has 0 amide bonds. The number of imidazole rings is 1. The number of H-pyrrole nitrogens is 1. The molecule has 1 N–H and O–H groups in total. The van der Waals surface area contributed by atoms with E-state index in [1.54, 1.807) is 0 Å². The topological polar surface area (TPSA) is 32.6 Å². The van der Waals surface area contributed by atoms with E-state index < -0.39 is 0 Å². The van der Waals surface area contributed by atoms with Crippen molar-refractivity contribution in [1.29, 1.82) is 0 Å².